The molecule has 102 valence electrons. The molecule has 0 saturated heterocycles. The SMILES string of the molecule is Cc1ccc(C2=CN(C(C)C)C(C)(C)NC2=S)cc1. The monoisotopic (exact) mass is 274 g/mol. The number of thiocarbonyl (C=S) groups is 1. The van der Waals surface area contributed by atoms with E-state index in [0.717, 1.165) is 10.6 Å². The highest BCUT2D eigenvalue weighted by atomic mass is 32.1. The van der Waals surface area contributed by atoms with E-state index >= 15 is 0 Å². The van der Waals surface area contributed by atoms with Crippen LogP contribution in [0.5, 0.6) is 0 Å². The van der Waals surface area contributed by atoms with Crippen LogP contribution in [0.3, 0.4) is 0 Å². The molecule has 0 aliphatic carbocycles. The molecule has 0 aromatic heterocycles. The van der Waals surface area contributed by atoms with Gasteiger partial charge in [0.15, 0.2) is 0 Å². The summed E-state index contributed by atoms with van der Waals surface area (Å²) in [5.41, 5.74) is 3.40. The maximum atomic E-state index is 5.52. The molecule has 0 unspecified atom stereocenters. The first kappa shape index (κ1) is 14.1. The van der Waals surface area contributed by atoms with E-state index in [9.17, 15) is 0 Å². The Morgan fingerprint density at radius 1 is 1.16 bits per heavy atom. The van der Waals surface area contributed by atoms with Gasteiger partial charge in [0.05, 0.1) is 0 Å². The molecule has 0 spiro atoms. The van der Waals surface area contributed by atoms with Gasteiger partial charge in [0.2, 0.25) is 0 Å². The molecule has 0 atom stereocenters. The molecule has 3 heteroatoms. The number of hydrogen-bond acceptors (Lipinski definition) is 2. The van der Waals surface area contributed by atoms with E-state index in [2.05, 4.69) is 75.3 Å². The molecule has 1 aromatic carbocycles. The van der Waals surface area contributed by atoms with Crippen molar-refractivity contribution >= 4 is 22.8 Å². The fourth-order valence-electron chi connectivity index (χ4n) is 2.50. The lowest BCUT2D eigenvalue weighted by Crippen LogP contribution is -2.59. The van der Waals surface area contributed by atoms with Gasteiger partial charge in [-0.05, 0) is 40.2 Å². The van der Waals surface area contributed by atoms with Gasteiger partial charge < -0.3 is 10.2 Å². The van der Waals surface area contributed by atoms with E-state index in [1.54, 1.807) is 0 Å². The average Bonchev–Trinajstić information content (AvgIpc) is 2.29. The Hall–Kier alpha value is -1.35. The lowest BCUT2D eigenvalue weighted by atomic mass is 10.00. The molecule has 0 bridgehead atoms. The minimum atomic E-state index is -0.139. The molecule has 2 rings (SSSR count). The first-order valence-electron chi connectivity index (χ1n) is 6.71. The minimum absolute atomic E-state index is 0.139. The Bertz CT molecular complexity index is 512. The predicted molar refractivity (Wildman–Crippen MR) is 85.9 cm³/mol. The number of hydrogen-bond donors (Lipinski definition) is 1. The van der Waals surface area contributed by atoms with Crippen LogP contribution in [-0.4, -0.2) is 21.6 Å². The number of nitrogens with zero attached hydrogens (tertiary/aromatic N) is 1. The highest BCUT2D eigenvalue weighted by molar-refractivity contribution is 7.81. The topological polar surface area (TPSA) is 15.3 Å². The smallest absolute Gasteiger partial charge is 0.110 e. The first-order chi connectivity index (χ1) is 8.81. The van der Waals surface area contributed by atoms with Crippen molar-refractivity contribution in [3.05, 3.63) is 41.6 Å². The molecule has 0 fully saturated rings. The van der Waals surface area contributed by atoms with E-state index in [-0.39, 0.29) is 5.66 Å². The minimum Gasteiger partial charge on any atom is -0.354 e. The Morgan fingerprint density at radius 3 is 2.26 bits per heavy atom. The van der Waals surface area contributed by atoms with Gasteiger partial charge >= 0.3 is 0 Å². The molecular formula is C16H22N2S. The van der Waals surface area contributed by atoms with Gasteiger partial charge in [0.1, 0.15) is 10.7 Å². The summed E-state index contributed by atoms with van der Waals surface area (Å²) in [4.78, 5) is 3.14. The van der Waals surface area contributed by atoms with Crippen molar-refractivity contribution in [2.45, 2.75) is 46.3 Å². The van der Waals surface area contributed by atoms with E-state index in [0.29, 0.717) is 6.04 Å². The largest absolute Gasteiger partial charge is 0.354 e. The lowest BCUT2D eigenvalue weighted by Gasteiger charge is -2.46. The zero-order chi connectivity index (χ0) is 14.2. The fraction of sp³-hybridized carbons (Fsp3) is 0.438. The Kier molecular flexibility index (Phi) is 3.68. The summed E-state index contributed by atoms with van der Waals surface area (Å²) in [7, 11) is 0. The second-order valence-corrected chi connectivity index (χ2v) is 6.33. The number of nitrogens with one attached hydrogen (secondary N) is 1. The van der Waals surface area contributed by atoms with Crippen LogP contribution >= 0.6 is 12.2 Å². The van der Waals surface area contributed by atoms with Crippen molar-refractivity contribution in [2.75, 3.05) is 0 Å². The second-order valence-electron chi connectivity index (χ2n) is 5.92. The van der Waals surface area contributed by atoms with Crippen LogP contribution in [-0.2, 0) is 0 Å². The maximum Gasteiger partial charge on any atom is 0.110 e. The third kappa shape index (κ3) is 2.81. The summed E-state index contributed by atoms with van der Waals surface area (Å²) >= 11 is 5.52. The Balaban J connectivity index is 2.44. The van der Waals surface area contributed by atoms with Crippen molar-refractivity contribution in [1.29, 1.82) is 0 Å². The quantitative estimate of drug-likeness (QED) is 0.828. The molecule has 1 N–H and O–H groups in total. The third-order valence-corrected chi connectivity index (χ3v) is 3.82. The summed E-state index contributed by atoms with van der Waals surface area (Å²) in [6.45, 7) is 10.8. The standard InChI is InChI=1S/C16H22N2S/c1-11(2)18-10-14(15(19)17-16(18,4)5)13-8-6-12(3)7-9-13/h6-11H,1-5H3,(H,17,19). The summed E-state index contributed by atoms with van der Waals surface area (Å²) in [5.74, 6) is 0. The molecule has 1 aliphatic rings. The number of benzene rings is 1. The van der Waals surface area contributed by atoms with Gasteiger partial charge in [-0.25, -0.2) is 0 Å². The third-order valence-electron chi connectivity index (χ3n) is 3.50. The molecule has 1 aliphatic heterocycles. The first-order valence-corrected chi connectivity index (χ1v) is 7.12. The van der Waals surface area contributed by atoms with Gasteiger partial charge in [-0.3, -0.25) is 0 Å². The molecule has 19 heavy (non-hydrogen) atoms. The van der Waals surface area contributed by atoms with Gasteiger partial charge in [-0.1, -0.05) is 42.0 Å². The zero-order valence-electron chi connectivity index (χ0n) is 12.3. The van der Waals surface area contributed by atoms with E-state index in [1.165, 1.54) is 11.1 Å². The molecule has 0 saturated carbocycles. The van der Waals surface area contributed by atoms with Crippen molar-refractivity contribution < 1.29 is 0 Å². The Morgan fingerprint density at radius 2 is 1.74 bits per heavy atom. The van der Waals surface area contributed by atoms with Crippen molar-refractivity contribution in [3.8, 4) is 0 Å². The van der Waals surface area contributed by atoms with Gasteiger partial charge in [-0.15, -0.1) is 0 Å². The number of aryl methyl sites for hydroxylation is 1. The highest BCUT2D eigenvalue weighted by Crippen LogP contribution is 2.27. The highest BCUT2D eigenvalue weighted by Gasteiger charge is 2.32. The molecule has 1 heterocycles. The van der Waals surface area contributed by atoms with E-state index in [1.807, 2.05) is 0 Å². The van der Waals surface area contributed by atoms with Crippen LogP contribution in [0.4, 0.5) is 0 Å². The van der Waals surface area contributed by atoms with Crippen LogP contribution in [0.25, 0.3) is 5.57 Å². The molecule has 0 amide bonds. The van der Waals surface area contributed by atoms with Crippen molar-refractivity contribution in [3.63, 3.8) is 0 Å². The molecular weight excluding hydrogens is 252 g/mol. The van der Waals surface area contributed by atoms with Crippen LogP contribution in [0.1, 0.15) is 38.8 Å². The van der Waals surface area contributed by atoms with Gasteiger partial charge in [-0.2, -0.15) is 0 Å². The summed E-state index contributed by atoms with van der Waals surface area (Å²) in [5, 5.41) is 3.44. The lowest BCUT2D eigenvalue weighted by molar-refractivity contribution is 0.129. The average molecular weight is 274 g/mol. The van der Waals surface area contributed by atoms with Crippen LogP contribution in [0.15, 0.2) is 30.5 Å². The number of rotatable bonds is 2. The van der Waals surface area contributed by atoms with Crippen LogP contribution in [0.2, 0.25) is 0 Å². The predicted octanol–water partition coefficient (Wildman–Crippen LogP) is 3.71. The second kappa shape index (κ2) is 4.97. The molecule has 0 radical (unpaired) electrons. The van der Waals surface area contributed by atoms with Crippen LogP contribution in [0, 0.1) is 6.92 Å². The maximum absolute atomic E-state index is 5.52. The van der Waals surface area contributed by atoms with Crippen molar-refractivity contribution in [1.82, 2.24) is 10.2 Å². The Labute approximate surface area is 121 Å². The van der Waals surface area contributed by atoms with Gasteiger partial charge in [0, 0.05) is 17.8 Å². The van der Waals surface area contributed by atoms with Gasteiger partial charge in [0.25, 0.3) is 0 Å². The molecule has 1 aromatic rings. The fourth-order valence-corrected chi connectivity index (χ4v) is 2.92. The van der Waals surface area contributed by atoms with Crippen molar-refractivity contribution in [2.24, 2.45) is 0 Å². The zero-order valence-corrected chi connectivity index (χ0v) is 13.1. The normalized spacial score (nSPS) is 18.3. The summed E-state index contributed by atoms with van der Waals surface area (Å²) < 4.78 is 0. The van der Waals surface area contributed by atoms with E-state index < -0.39 is 0 Å². The summed E-state index contributed by atoms with van der Waals surface area (Å²) in [6, 6.07) is 8.93. The summed E-state index contributed by atoms with van der Waals surface area (Å²) in [6.07, 6.45) is 2.19. The van der Waals surface area contributed by atoms with Crippen LogP contribution < -0.4 is 5.32 Å². The molecule has 2 nitrogen and oxygen atoms in total. The van der Waals surface area contributed by atoms with E-state index in [4.69, 9.17) is 12.2 Å².